The first-order chi connectivity index (χ1) is 8.93. The molecular formula is C10H9BrCl2N2O4. The van der Waals surface area contributed by atoms with Crippen LogP contribution in [0, 0.1) is 0 Å². The van der Waals surface area contributed by atoms with Crippen LogP contribution in [0.1, 0.15) is 0 Å². The van der Waals surface area contributed by atoms with E-state index >= 15 is 0 Å². The van der Waals surface area contributed by atoms with Gasteiger partial charge in [-0.3, -0.25) is 10.2 Å². The van der Waals surface area contributed by atoms with Crippen molar-refractivity contribution in [3.05, 3.63) is 26.7 Å². The summed E-state index contributed by atoms with van der Waals surface area (Å²) < 4.78 is 9.99. The first-order valence-corrected chi connectivity index (χ1v) is 6.39. The Morgan fingerprint density at radius 3 is 2.58 bits per heavy atom. The summed E-state index contributed by atoms with van der Waals surface area (Å²) in [4.78, 5) is 22.0. The van der Waals surface area contributed by atoms with Crippen LogP contribution < -0.4 is 15.6 Å². The maximum absolute atomic E-state index is 11.3. The lowest BCUT2D eigenvalue weighted by Gasteiger charge is -2.11. The highest BCUT2D eigenvalue weighted by Crippen LogP contribution is 2.35. The number of ether oxygens (including phenoxy) is 2. The molecule has 0 saturated heterocycles. The number of carbonyl (C=O) groups excluding carboxylic acids is 2. The van der Waals surface area contributed by atoms with Crippen LogP contribution >= 0.6 is 39.1 Å². The Balaban J connectivity index is 2.53. The SMILES string of the molecule is COC(=O)NNC(=O)COc1c(Cl)cc(Cl)cc1Br. The normalized spacial score (nSPS) is 9.68. The molecule has 0 spiro atoms. The zero-order valence-corrected chi connectivity index (χ0v) is 12.7. The molecule has 1 aromatic carbocycles. The summed E-state index contributed by atoms with van der Waals surface area (Å²) in [6, 6.07) is 3.06. The Morgan fingerprint density at radius 2 is 2.00 bits per heavy atom. The van der Waals surface area contributed by atoms with Crippen LogP contribution in [0.5, 0.6) is 5.75 Å². The molecule has 0 aliphatic heterocycles. The number of carbonyl (C=O) groups is 2. The van der Waals surface area contributed by atoms with Crippen LogP contribution in [0.2, 0.25) is 10.0 Å². The molecule has 19 heavy (non-hydrogen) atoms. The maximum Gasteiger partial charge on any atom is 0.425 e. The molecule has 0 bridgehead atoms. The largest absolute Gasteiger partial charge is 0.481 e. The predicted molar refractivity (Wildman–Crippen MR) is 73.3 cm³/mol. The molecule has 104 valence electrons. The molecule has 0 radical (unpaired) electrons. The van der Waals surface area contributed by atoms with Crippen LogP contribution in [-0.4, -0.2) is 25.7 Å². The van der Waals surface area contributed by atoms with Gasteiger partial charge in [-0.25, -0.2) is 10.2 Å². The third kappa shape index (κ3) is 5.14. The van der Waals surface area contributed by atoms with Gasteiger partial charge >= 0.3 is 6.09 Å². The minimum atomic E-state index is -0.793. The molecule has 9 heteroatoms. The Bertz CT molecular complexity index is 475. The summed E-state index contributed by atoms with van der Waals surface area (Å²) in [6.45, 7) is -0.343. The third-order valence-electron chi connectivity index (χ3n) is 1.80. The second kappa shape index (κ2) is 7.42. The number of hydrazine groups is 1. The van der Waals surface area contributed by atoms with Crippen molar-refractivity contribution in [3.63, 3.8) is 0 Å². The standard InChI is InChI=1S/C10H9BrCl2N2O4/c1-18-10(17)15-14-8(16)4-19-9-6(11)2-5(12)3-7(9)13/h2-3H,4H2,1H3,(H,14,16)(H,15,17). The second-order valence-corrected chi connectivity index (χ2v) is 4.85. The highest BCUT2D eigenvalue weighted by Gasteiger charge is 2.11. The lowest BCUT2D eigenvalue weighted by molar-refractivity contribution is -0.123. The lowest BCUT2D eigenvalue weighted by atomic mass is 10.3. The minimum absolute atomic E-state index is 0.258. The highest BCUT2D eigenvalue weighted by molar-refractivity contribution is 9.10. The van der Waals surface area contributed by atoms with Crippen molar-refractivity contribution in [2.24, 2.45) is 0 Å². The molecule has 0 heterocycles. The van der Waals surface area contributed by atoms with Gasteiger partial charge in [-0.1, -0.05) is 23.2 Å². The van der Waals surface area contributed by atoms with Crippen LogP contribution in [0.3, 0.4) is 0 Å². The van der Waals surface area contributed by atoms with E-state index in [1.807, 2.05) is 5.43 Å². The molecule has 0 aliphatic rings. The van der Waals surface area contributed by atoms with Gasteiger partial charge in [0, 0.05) is 5.02 Å². The summed E-state index contributed by atoms with van der Waals surface area (Å²) >= 11 is 14.9. The molecule has 0 aromatic heterocycles. The first-order valence-electron chi connectivity index (χ1n) is 4.84. The van der Waals surface area contributed by atoms with E-state index in [2.05, 4.69) is 26.1 Å². The second-order valence-electron chi connectivity index (χ2n) is 3.15. The molecular weight excluding hydrogens is 363 g/mol. The number of halogens is 3. The molecule has 2 amide bonds. The number of methoxy groups -OCH3 is 1. The molecule has 2 N–H and O–H groups in total. The van der Waals surface area contributed by atoms with E-state index in [4.69, 9.17) is 27.9 Å². The van der Waals surface area contributed by atoms with E-state index in [1.54, 1.807) is 6.07 Å². The fourth-order valence-corrected chi connectivity index (χ4v) is 2.38. The van der Waals surface area contributed by atoms with Crippen molar-refractivity contribution in [2.45, 2.75) is 0 Å². The van der Waals surface area contributed by atoms with Gasteiger partial charge in [0.2, 0.25) is 0 Å². The van der Waals surface area contributed by atoms with E-state index in [9.17, 15) is 9.59 Å². The van der Waals surface area contributed by atoms with Crippen LogP contribution in [0.4, 0.5) is 4.79 Å². The van der Waals surface area contributed by atoms with Crippen molar-refractivity contribution >= 4 is 51.1 Å². The summed E-state index contributed by atoms with van der Waals surface area (Å²) in [7, 11) is 1.17. The molecule has 0 saturated carbocycles. The molecule has 6 nitrogen and oxygen atoms in total. The van der Waals surface area contributed by atoms with Crippen LogP contribution in [-0.2, 0) is 9.53 Å². The van der Waals surface area contributed by atoms with Gasteiger partial charge in [-0.2, -0.15) is 0 Å². The molecule has 1 rings (SSSR count). The predicted octanol–water partition coefficient (Wildman–Crippen LogP) is 2.52. The summed E-state index contributed by atoms with van der Waals surface area (Å²) in [5.41, 5.74) is 4.08. The Hall–Kier alpha value is -1.18. The fourth-order valence-electron chi connectivity index (χ4n) is 1.01. The van der Waals surface area contributed by atoms with Crippen LogP contribution in [0.15, 0.2) is 16.6 Å². The van der Waals surface area contributed by atoms with Gasteiger partial charge in [0.25, 0.3) is 5.91 Å². The van der Waals surface area contributed by atoms with E-state index in [0.29, 0.717) is 9.50 Å². The lowest BCUT2D eigenvalue weighted by Crippen LogP contribution is -2.43. The quantitative estimate of drug-likeness (QED) is 0.800. The summed E-state index contributed by atoms with van der Waals surface area (Å²) in [5, 5.41) is 0.689. The number of nitrogens with one attached hydrogen (secondary N) is 2. The van der Waals surface area contributed by atoms with E-state index in [1.165, 1.54) is 13.2 Å². The number of amides is 2. The molecule has 1 aromatic rings. The number of rotatable bonds is 3. The Morgan fingerprint density at radius 1 is 1.32 bits per heavy atom. The number of hydrogen-bond acceptors (Lipinski definition) is 4. The average Bonchev–Trinajstić information content (AvgIpc) is 2.34. The van der Waals surface area contributed by atoms with Crippen molar-refractivity contribution < 1.29 is 19.1 Å². The smallest absolute Gasteiger partial charge is 0.425 e. The van der Waals surface area contributed by atoms with Gasteiger partial charge in [0.1, 0.15) is 0 Å². The average molecular weight is 372 g/mol. The van der Waals surface area contributed by atoms with E-state index in [0.717, 1.165) is 0 Å². The Labute approximate surface area is 127 Å². The fraction of sp³-hybridized carbons (Fsp3) is 0.200. The van der Waals surface area contributed by atoms with Crippen molar-refractivity contribution in [1.29, 1.82) is 0 Å². The zero-order valence-electron chi connectivity index (χ0n) is 9.63. The zero-order chi connectivity index (χ0) is 14.4. The first kappa shape index (κ1) is 15.9. The van der Waals surface area contributed by atoms with E-state index < -0.39 is 12.0 Å². The number of hydrogen-bond donors (Lipinski definition) is 2. The molecule has 0 aliphatic carbocycles. The van der Waals surface area contributed by atoms with Crippen LogP contribution in [0.25, 0.3) is 0 Å². The molecule has 0 unspecified atom stereocenters. The third-order valence-corrected chi connectivity index (χ3v) is 2.89. The van der Waals surface area contributed by atoms with E-state index in [-0.39, 0.29) is 17.4 Å². The monoisotopic (exact) mass is 370 g/mol. The van der Waals surface area contributed by atoms with Gasteiger partial charge in [0.05, 0.1) is 16.6 Å². The summed E-state index contributed by atoms with van der Waals surface area (Å²) in [5.74, 6) is -0.303. The molecule has 0 fully saturated rings. The van der Waals surface area contributed by atoms with Crippen molar-refractivity contribution in [1.82, 2.24) is 10.9 Å². The Kier molecular flexibility index (Phi) is 6.20. The van der Waals surface area contributed by atoms with Gasteiger partial charge in [-0.05, 0) is 28.1 Å². The topological polar surface area (TPSA) is 76.7 Å². The minimum Gasteiger partial charge on any atom is -0.481 e. The highest BCUT2D eigenvalue weighted by atomic mass is 79.9. The summed E-state index contributed by atoms with van der Waals surface area (Å²) in [6.07, 6.45) is -0.793. The van der Waals surface area contributed by atoms with Crippen molar-refractivity contribution in [2.75, 3.05) is 13.7 Å². The maximum atomic E-state index is 11.3. The van der Waals surface area contributed by atoms with Crippen molar-refractivity contribution in [3.8, 4) is 5.75 Å². The van der Waals surface area contributed by atoms with Gasteiger partial charge < -0.3 is 9.47 Å². The van der Waals surface area contributed by atoms with Gasteiger partial charge in [0.15, 0.2) is 12.4 Å². The number of benzene rings is 1. The van der Waals surface area contributed by atoms with Gasteiger partial charge in [-0.15, -0.1) is 0 Å². The molecule has 0 atom stereocenters.